The van der Waals surface area contributed by atoms with Crippen molar-refractivity contribution in [2.75, 3.05) is 18.4 Å². The van der Waals surface area contributed by atoms with Crippen molar-refractivity contribution in [1.82, 2.24) is 15.2 Å². The number of piperidine rings is 1. The first-order valence-corrected chi connectivity index (χ1v) is 12.4. The SMILES string of the molecule is O=C(NCCC1CCCN(C(=O)O)C1c1ccc2[nH]ccc2c1)c1ccccc1Nc1ccccc1. The van der Waals surface area contributed by atoms with E-state index >= 15 is 0 Å². The van der Waals surface area contributed by atoms with E-state index in [-0.39, 0.29) is 17.9 Å². The Morgan fingerprint density at radius 2 is 1.81 bits per heavy atom. The number of fused-ring (bicyclic) bond motifs is 1. The number of H-pyrrole nitrogens is 1. The zero-order valence-electron chi connectivity index (χ0n) is 20.0. The van der Waals surface area contributed by atoms with Gasteiger partial charge < -0.3 is 25.6 Å². The Morgan fingerprint density at radius 1 is 1.00 bits per heavy atom. The number of rotatable bonds is 7. The molecule has 1 aliphatic rings. The summed E-state index contributed by atoms with van der Waals surface area (Å²) >= 11 is 0. The molecule has 0 aliphatic carbocycles. The largest absolute Gasteiger partial charge is 0.465 e. The van der Waals surface area contributed by atoms with Crippen LogP contribution in [0.4, 0.5) is 16.2 Å². The molecule has 0 radical (unpaired) electrons. The number of aromatic amines is 1. The van der Waals surface area contributed by atoms with Gasteiger partial charge in [-0.15, -0.1) is 0 Å². The van der Waals surface area contributed by atoms with Crippen LogP contribution in [0.25, 0.3) is 10.9 Å². The molecule has 3 aromatic carbocycles. The number of para-hydroxylation sites is 2. The second-order valence-corrected chi connectivity index (χ2v) is 9.23. The van der Waals surface area contributed by atoms with Crippen LogP contribution in [0.1, 0.15) is 41.2 Å². The molecule has 4 aromatic rings. The van der Waals surface area contributed by atoms with E-state index in [0.717, 1.165) is 40.7 Å². The summed E-state index contributed by atoms with van der Waals surface area (Å²) in [7, 11) is 0. The van der Waals surface area contributed by atoms with Gasteiger partial charge in [0, 0.05) is 30.5 Å². The monoisotopic (exact) mass is 482 g/mol. The van der Waals surface area contributed by atoms with Crippen LogP contribution in [-0.2, 0) is 0 Å². The summed E-state index contributed by atoms with van der Waals surface area (Å²) in [6.07, 6.45) is 3.42. The first-order valence-electron chi connectivity index (χ1n) is 12.4. The predicted octanol–water partition coefficient (Wildman–Crippen LogP) is 6.16. The summed E-state index contributed by atoms with van der Waals surface area (Å²) in [5.74, 6) is -0.0329. The smallest absolute Gasteiger partial charge is 0.407 e. The molecule has 1 aliphatic heterocycles. The minimum Gasteiger partial charge on any atom is -0.465 e. The van der Waals surface area contributed by atoms with Crippen LogP contribution in [0.15, 0.2) is 85.1 Å². The van der Waals surface area contributed by atoms with Crippen molar-refractivity contribution in [3.05, 3.63) is 96.2 Å². The zero-order chi connectivity index (χ0) is 24.9. The minimum atomic E-state index is -0.899. The molecule has 4 N–H and O–H groups in total. The van der Waals surface area contributed by atoms with Crippen molar-refractivity contribution in [3.63, 3.8) is 0 Å². The number of hydrogen-bond acceptors (Lipinski definition) is 3. The number of benzene rings is 3. The molecule has 0 spiro atoms. The highest BCUT2D eigenvalue weighted by Crippen LogP contribution is 2.39. The van der Waals surface area contributed by atoms with Crippen LogP contribution in [0, 0.1) is 5.92 Å². The molecular formula is C29H30N4O3. The highest BCUT2D eigenvalue weighted by atomic mass is 16.4. The molecule has 2 unspecified atom stereocenters. The van der Waals surface area contributed by atoms with Crippen LogP contribution in [-0.4, -0.2) is 40.1 Å². The molecule has 7 nitrogen and oxygen atoms in total. The molecule has 1 aromatic heterocycles. The van der Waals surface area contributed by atoms with Gasteiger partial charge in [-0.25, -0.2) is 4.79 Å². The number of nitrogens with one attached hydrogen (secondary N) is 3. The fourth-order valence-electron chi connectivity index (χ4n) is 5.23. The van der Waals surface area contributed by atoms with Crippen molar-refractivity contribution in [2.45, 2.75) is 25.3 Å². The van der Waals surface area contributed by atoms with E-state index in [1.807, 2.05) is 79.0 Å². The maximum atomic E-state index is 13.1. The lowest BCUT2D eigenvalue weighted by Gasteiger charge is -2.40. The molecule has 1 saturated heterocycles. The van der Waals surface area contributed by atoms with Crippen molar-refractivity contribution in [1.29, 1.82) is 0 Å². The first-order chi connectivity index (χ1) is 17.6. The van der Waals surface area contributed by atoms with Gasteiger partial charge in [-0.05, 0) is 78.6 Å². The van der Waals surface area contributed by atoms with Gasteiger partial charge in [-0.3, -0.25) is 4.79 Å². The van der Waals surface area contributed by atoms with E-state index in [1.165, 1.54) is 0 Å². The molecule has 5 rings (SSSR count). The van der Waals surface area contributed by atoms with Crippen LogP contribution in [0.3, 0.4) is 0 Å². The fraction of sp³-hybridized carbons (Fsp3) is 0.241. The Bertz CT molecular complexity index is 1350. The van der Waals surface area contributed by atoms with Gasteiger partial charge in [0.1, 0.15) is 0 Å². The summed E-state index contributed by atoms with van der Waals surface area (Å²) in [5.41, 5.74) is 4.26. The van der Waals surface area contributed by atoms with E-state index in [0.29, 0.717) is 25.1 Å². The average Bonchev–Trinajstić information content (AvgIpc) is 3.37. The maximum absolute atomic E-state index is 13.1. The van der Waals surface area contributed by atoms with E-state index in [1.54, 1.807) is 4.90 Å². The first kappa shape index (κ1) is 23.5. The van der Waals surface area contributed by atoms with E-state index in [9.17, 15) is 14.7 Å². The number of carboxylic acid groups (broad SMARTS) is 1. The Morgan fingerprint density at radius 3 is 2.64 bits per heavy atom. The van der Waals surface area contributed by atoms with E-state index in [2.05, 4.69) is 21.7 Å². The Labute approximate surface area is 210 Å². The number of anilines is 2. The van der Waals surface area contributed by atoms with Crippen LogP contribution < -0.4 is 10.6 Å². The Kier molecular flexibility index (Phi) is 6.89. The highest BCUT2D eigenvalue weighted by Gasteiger charge is 2.35. The summed E-state index contributed by atoms with van der Waals surface area (Å²) in [5, 5.41) is 17.4. The minimum absolute atomic E-state index is 0.115. The van der Waals surface area contributed by atoms with Gasteiger partial charge in [0.25, 0.3) is 5.91 Å². The third kappa shape index (κ3) is 5.05. The van der Waals surface area contributed by atoms with Crippen LogP contribution >= 0.6 is 0 Å². The summed E-state index contributed by atoms with van der Waals surface area (Å²) in [6, 6.07) is 25.1. The maximum Gasteiger partial charge on any atom is 0.407 e. The fourth-order valence-corrected chi connectivity index (χ4v) is 5.23. The van der Waals surface area contributed by atoms with Crippen molar-refractivity contribution < 1.29 is 14.7 Å². The standard InChI is InChI=1S/C29H30N4O3/c34-28(24-10-4-5-11-26(24)32-23-8-2-1-3-9-23)31-17-14-20-7-6-18-33(29(35)36)27(20)22-12-13-25-21(19-22)15-16-30-25/h1-5,8-13,15-16,19-20,27,30,32H,6-7,14,17-18H2,(H,31,34)(H,35,36). The molecule has 7 heteroatoms. The normalized spacial score (nSPS) is 17.6. The molecule has 1 fully saturated rings. The molecule has 2 atom stereocenters. The third-order valence-electron chi connectivity index (χ3n) is 6.95. The average molecular weight is 483 g/mol. The lowest BCUT2D eigenvalue weighted by atomic mass is 9.82. The molecule has 184 valence electrons. The van der Waals surface area contributed by atoms with Crippen molar-refractivity contribution in [2.24, 2.45) is 5.92 Å². The Balaban J connectivity index is 1.29. The van der Waals surface area contributed by atoms with Crippen LogP contribution in [0.5, 0.6) is 0 Å². The van der Waals surface area contributed by atoms with Crippen molar-refractivity contribution in [3.8, 4) is 0 Å². The molecule has 2 amide bonds. The summed E-state index contributed by atoms with van der Waals surface area (Å²) in [4.78, 5) is 29.9. The molecule has 0 bridgehead atoms. The summed E-state index contributed by atoms with van der Waals surface area (Å²) in [6.45, 7) is 0.992. The number of amides is 2. The van der Waals surface area contributed by atoms with Crippen LogP contribution in [0.2, 0.25) is 0 Å². The van der Waals surface area contributed by atoms with Gasteiger partial charge in [0.2, 0.25) is 0 Å². The van der Waals surface area contributed by atoms with E-state index < -0.39 is 6.09 Å². The number of nitrogens with zero attached hydrogens (tertiary/aromatic N) is 1. The number of carbonyl (C=O) groups excluding carboxylic acids is 1. The molecule has 36 heavy (non-hydrogen) atoms. The predicted molar refractivity (Wildman–Crippen MR) is 142 cm³/mol. The van der Waals surface area contributed by atoms with Gasteiger partial charge in [0.15, 0.2) is 0 Å². The van der Waals surface area contributed by atoms with Gasteiger partial charge >= 0.3 is 6.09 Å². The van der Waals surface area contributed by atoms with Crippen molar-refractivity contribution >= 4 is 34.3 Å². The second kappa shape index (κ2) is 10.6. The number of hydrogen-bond donors (Lipinski definition) is 4. The number of aromatic nitrogens is 1. The highest BCUT2D eigenvalue weighted by molar-refractivity contribution is 6.00. The topological polar surface area (TPSA) is 97.5 Å². The lowest BCUT2D eigenvalue weighted by Crippen LogP contribution is -2.43. The molecular weight excluding hydrogens is 452 g/mol. The Hall–Kier alpha value is -4.26. The van der Waals surface area contributed by atoms with Gasteiger partial charge in [-0.1, -0.05) is 36.4 Å². The number of likely N-dealkylation sites (tertiary alicyclic amines) is 1. The lowest BCUT2D eigenvalue weighted by molar-refractivity contribution is 0.0736. The van der Waals surface area contributed by atoms with Gasteiger partial charge in [0.05, 0.1) is 17.3 Å². The third-order valence-corrected chi connectivity index (χ3v) is 6.95. The second-order valence-electron chi connectivity index (χ2n) is 9.23. The zero-order valence-corrected chi connectivity index (χ0v) is 20.0. The van der Waals surface area contributed by atoms with Gasteiger partial charge in [-0.2, -0.15) is 0 Å². The summed E-state index contributed by atoms with van der Waals surface area (Å²) < 4.78 is 0. The molecule has 2 heterocycles. The molecule has 0 saturated carbocycles. The quantitative estimate of drug-likeness (QED) is 0.253. The van der Waals surface area contributed by atoms with E-state index in [4.69, 9.17) is 0 Å². The number of carbonyl (C=O) groups is 2.